The van der Waals surface area contributed by atoms with Crippen molar-refractivity contribution < 1.29 is 14.6 Å². The number of thiol groups is 1. The van der Waals surface area contributed by atoms with Crippen molar-refractivity contribution in [3.63, 3.8) is 0 Å². The van der Waals surface area contributed by atoms with Crippen molar-refractivity contribution in [2.75, 3.05) is 11.5 Å². The van der Waals surface area contributed by atoms with Crippen LogP contribution in [0.2, 0.25) is 0 Å². The number of halogens is 1. The number of aliphatic hydroxyl groups excluding tert-OH is 2. The van der Waals surface area contributed by atoms with E-state index in [9.17, 15) is 14.6 Å². The van der Waals surface area contributed by atoms with Crippen LogP contribution in [-0.4, -0.2) is 22.1 Å². The fourth-order valence-corrected chi connectivity index (χ4v) is 1.50. The summed E-state index contributed by atoms with van der Waals surface area (Å²) in [6.45, 7) is 0. The first-order valence-electron chi connectivity index (χ1n) is 4.58. The molecule has 0 bridgehead atoms. The average Bonchev–Trinajstić information content (AvgIpc) is 2.21. The van der Waals surface area contributed by atoms with Crippen molar-refractivity contribution in [1.29, 1.82) is 0 Å². The molecule has 2 unspecified atom stereocenters. The summed E-state index contributed by atoms with van der Waals surface area (Å²) in [6, 6.07) is 3.98. The molecule has 0 saturated carbocycles. The molecular weight excluding hydrogens is 217 g/mol. The first-order valence-corrected chi connectivity index (χ1v) is 5.21. The number of aliphatic hydroxyl groups is 2. The summed E-state index contributed by atoms with van der Waals surface area (Å²) in [4.78, 5) is 0. The number of rotatable bonds is 4. The highest BCUT2D eigenvalue weighted by atomic mass is 32.1. The Kier molecular flexibility index (Phi) is 4.38. The third-order valence-electron chi connectivity index (χ3n) is 2.16. The molecule has 0 aliphatic heterocycles. The van der Waals surface area contributed by atoms with Crippen LogP contribution in [0.4, 0.5) is 10.1 Å². The van der Waals surface area contributed by atoms with E-state index in [1.54, 1.807) is 0 Å². The SMILES string of the molecule is Nc1ccc(C(O)C(O)CCS)cc1F. The number of hydrogen-bond acceptors (Lipinski definition) is 4. The Labute approximate surface area is 93.1 Å². The molecule has 4 N–H and O–H groups in total. The third kappa shape index (κ3) is 3.09. The van der Waals surface area contributed by atoms with E-state index in [0.717, 1.165) is 6.07 Å². The molecule has 1 aromatic carbocycles. The maximum atomic E-state index is 13.1. The minimum Gasteiger partial charge on any atom is -0.396 e. The molecule has 2 atom stereocenters. The van der Waals surface area contributed by atoms with E-state index in [1.807, 2.05) is 0 Å². The van der Waals surface area contributed by atoms with Gasteiger partial charge in [-0.1, -0.05) is 6.07 Å². The first-order chi connectivity index (χ1) is 7.06. The topological polar surface area (TPSA) is 66.5 Å². The van der Waals surface area contributed by atoms with Gasteiger partial charge >= 0.3 is 0 Å². The molecule has 0 spiro atoms. The van der Waals surface area contributed by atoms with Gasteiger partial charge in [0.05, 0.1) is 11.8 Å². The second-order valence-electron chi connectivity index (χ2n) is 3.31. The van der Waals surface area contributed by atoms with Gasteiger partial charge in [0.2, 0.25) is 0 Å². The van der Waals surface area contributed by atoms with Gasteiger partial charge in [0.25, 0.3) is 0 Å². The fraction of sp³-hybridized carbons (Fsp3) is 0.400. The smallest absolute Gasteiger partial charge is 0.146 e. The van der Waals surface area contributed by atoms with Gasteiger partial charge in [0, 0.05) is 0 Å². The van der Waals surface area contributed by atoms with Crippen molar-refractivity contribution in [2.24, 2.45) is 0 Å². The van der Waals surface area contributed by atoms with Crippen LogP contribution in [0.1, 0.15) is 18.1 Å². The van der Waals surface area contributed by atoms with Gasteiger partial charge in [-0.2, -0.15) is 12.6 Å². The van der Waals surface area contributed by atoms with E-state index in [2.05, 4.69) is 12.6 Å². The average molecular weight is 231 g/mol. The Morgan fingerprint density at radius 3 is 2.60 bits per heavy atom. The Morgan fingerprint density at radius 2 is 2.07 bits per heavy atom. The molecule has 0 amide bonds. The number of nitrogen functional groups attached to an aromatic ring is 1. The molecule has 0 aliphatic carbocycles. The molecule has 3 nitrogen and oxygen atoms in total. The zero-order valence-electron chi connectivity index (χ0n) is 8.10. The summed E-state index contributed by atoms with van der Waals surface area (Å²) in [5, 5.41) is 19.1. The number of hydrogen-bond donors (Lipinski definition) is 4. The van der Waals surface area contributed by atoms with Crippen LogP contribution < -0.4 is 5.73 Å². The molecule has 1 aromatic rings. The van der Waals surface area contributed by atoms with Crippen LogP contribution in [-0.2, 0) is 0 Å². The fourth-order valence-electron chi connectivity index (χ4n) is 1.24. The molecule has 5 heteroatoms. The lowest BCUT2D eigenvalue weighted by Gasteiger charge is -2.17. The Balaban J connectivity index is 2.81. The Bertz CT molecular complexity index is 335. The lowest BCUT2D eigenvalue weighted by atomic mass is 10.0. The highest BCUT2D eigenvalue weighted by Crippen LogP contribution is 2.22. The molecule has 0 aromatic heterocycles. The molecular formula is C10H14FNO2S. The van der Waals surface area contributed by atoms with Crippen LogP contribution in [0.25, 0.3) is 0 Å². The predicted octanol–water partition coefficient (Wildman–Crippen LogP) is 1.12. The van der Waals surface area contributed by atoms with E-state index in [1.165, 1.54) is 12.1 Å². The summed E-state index contributed by atoms with van der Waals surface area (Å²) in [5.41, 5.74) is 5.63. The van der Waals surface area contributed by atoms with Crippen molar-refractivity contribution in [3.05, 3.63) is 29.6 Å². The second kappa shape index (κ2) is 5.34. The highest BCUT2D eigenvalue weighted by molar-refractivity contribution is 7.80. The number of nitrogens with two attached hydrogens (primary N) is 1. The predicted molar refractivity (Wildman–Crippen MR) is 60.2 cm³/mol. The van der Waals surface area contributed by atoms with Crippen LogP contribution in [0.3, 0.4) is 0 Å². The number of benzene rings is 1. The van der Waals surface area contributed by atoms with Crippen LogP contribution in [0.5, 0.6) is 0 Å². The zero-order chi connectivity index (χ0) is 11.4. The summed E-state index contributed by atoms with van der Waals surface area (Å²) in [5.74, 6) is -0.139. The minimum atomic E-state index is -1.10. The minimum absolute atomic E-state index is 0.0228. The van der Waals surface area contributed by atoms with E-state index in [0.29, 0.717) is 17.7 Å². The van der Waals surface area contributed by atoms with Gasteiger partial charge < -0.3 is 15.9 Å². The highest BCUT2D eigenvalue weighted by Gasteiger charge is 2.18. The van der Waals surface area contributed by atoms with Crippen molar-refractivity contribution in [2.45, 2.75) is 18.6 Å². The third-order valence-corrected chi connectivity index (χ3v) is 2.41. The molecule has 15 heavy (non-hydrogen) atoms. The summed E-state index contributed by atoms with van der Waals surface area (Å²) >= 11 is 3.94. The van der Waals surface area contributed by atoms with Gasteiger partial charge in [-0.15, -0.1) is 0 Å². The lowest BCUT2D eigenvalue weighted by Crippen LogP contribution is -2.18. The molecule has 0 aliphatic rings. The van der Waals surface area contributed by atoms with E-state index < -0.39 is 18.0 Å². The maximum absolute atomic E-state index is 13.1. The van der Waals surface area contributed by atoms with E-state index in [4.69, 9.17) is 5.73 Å². The van der Waals surface area contributed by atoms with Gasteiger partial charge in [-0.25, -0.2) is 4.39 Å². The summed E-state index contributed by atoms with van der Waals surface area (Å²) in [6.07, 6.45) is -1.70. The van der Waals surface area contributed by atoms with Gasteiger partial charge in [0.1, 0.15) is 11.9 Å². The molecule has 1 rings (SSSR count). The molecule has 0 fully saturated rings. The van der Waals surface area contributed by atoms with Gasteiger partial charge in [-0.05, 0) is 29.9 Å². The molecule has 84 valence electrons. The zero-order valence-corrected chi connectivity index (χ0v) is 8.99. The molecule has 0 heterocycles. The van der Waals surface area contributed by atoms with E-state index in [-0.39, 0.29) is 5.69 Å². The lowest BCUT2D eigenvalue weighted by molar-refractivity contribution is 0.0171. The first kappa shape index (κ1) is 12.3. The van der Waals surface area contributed by atoms with Crippen molar-refractivity contribution in [1.82, 2.24) is 0 Å². The quantitative estimate of drug-likeness (QED) is 0.464. The van der Waals surface area contributed by atoms with Crippen LogP contribution in [0.15, 0.2) is 18.2 Å². The van der Waals surface area contributed by atoms with Crippen molar-refractivity contribution in [3.8, 4) is 0 Å². The van der Waals surface area contributed by atoms with Crippen LogP contribution >= 0.6 is 12.6 Å². The standard InChI is InChI=1S/C10H14FNO2S/c11-7-5-6(1-2-8(7)12)10(14)9(13)3-4-15/h1-2,5,9-10,13-15H,3-4,12H2. The Hall–Kier alpha value is -0.780. The largest absolute Gasteiger partial charge is 0.396 e. The van der Waals surface area contributed by atoms with Crippen LogP contribution in [0, 0.1) is 5.82 Å². The second-order valence-corrected chi connectivity index (χ2v) is 3.75. The molecule has 0 saturated heterocycles. The van der Waals surface area contributed by atoms with Gasteiger partial charge in [-0.3, -0.25) is 0 Å². The Morgan fingerprint density at radius 1 is 1.40 bits per heavy atom. The number of anilines is 1. The monoisotopic (exact) mass is 231 g/mol. The molecule has 0 radical (unpaired) electrons. The normalized spacial score (nSPS) is 14.9. The summed E-state index contributed by atoms with van der Waals surface area (Å²) in [7, 11) is 0. The van der Waals surface area contributed by atoms with Crippen molar-refractivity contribution >= 4 is 18.3 Å². The van der Waals surface area contributed by atoms with Gasteiger partial charge in [0.15, 0.2) is 0 Å². The maximum Gasteiger partial charge on any atom is 0.146 e. The van der Waals surface area contributed by atoms with E-state index >= 15 is 0 Å². The summed E-state index contributed by atoms with van der Waals surface area (Å²) < 4.78 is 13.1.